The first-order valence-corrected chi connectivity index (χ1v) is 7.98. The normalized spacial score (nSPS) is 26.7. The molecule has 2 N–H and O–H groups in total. The smallest absolute Gasteiger partial charge is 0.191 e. The third-order valence-corrected chi connectivity index (χ3v) is 4.28. The lowest BCUT2D eigenvalue weighted by Gasteiger charge is -2.22. The van der Waals surface area contributed by atoms with Gasteiger partial charge in [0.2, 0.25) is 0 Å². The van der Waals surface area contributed by atoms with Crippen molar-refractivity contribution in [3.05, 3.63) is 35.4 Å². The van der Waals surface area contributed by atoms with E-state index in [1.165, 1.54) is 6.42 Å². The van der Waals surface area contributed by atoms with Gasteiger partial charge in [0.15, 0.2) is 5.96 Å². The summed E-state index contributed by atoms with van der Waals surface area (Å²) >= 11 is 0. The summed E-state index contributed by atoms with van der Waals surface area (Å²) in [4.78, 5) is 4.64. The van der Waals surface area contributed by atoms with Gasteiger partial charge in [-0.25, -0.2) is 4.99 Å². The van der Waals surface area contributed by atoms with Crippen molar-refractivity contribution >= 4 is 5.96 Å². The van der Waals surface area contributed by atoms with Gasteiger partial charge in [-0.3, -0.25) is 0 Å². The third kappa shape index (κ3) is 3.40. The molecule has 0 aliphatic carbocycles. The van der Waals surface area contributed by atoms with Crippen molar-refractivity contribution in [2.24, 2.45) is 4.99 Å². The summed E-state index contributed by atoms with van der Waals surface area (Å²) in [6.07, 6.45) is 4.19. The Kier molecular flexibility index (Phi) is 4.59. The molecule has 1 aromatic rings. The molecule has 116 valence electrons. The quantitative estimate of drug-likeness (QED) is 0.658. The Balaban J connectivity index is 1.61. The highest BCUT2D eigenvalue weighted by Gasteiger charge is 2.41. The van der Waals surface area contributed by atoms with Crippen molar-refractivity contribution in [3.63, 3.8) is 0 Å². The average Bonchev–Trinajstić information content (AvgIpc) is 3.16. The Hall–Kier alpha value is -2.06. The van der Waals surface area contributed by atoms with Gasteiger partial charge in [-0.05, 0) is 43.9 Å². The minimum atomic E-state index is 0.337. The molecule has 0 spiro atoms. The van der Waals surface area contributed by atoms with E-state index in [-0.39, 0.29) is 0 Å². The molecular formula is C17H22N4O. The fraction of sp³-hybridized carbons (Fsp3) is 0.529. The molecule has 2 fully saturated rings. The van der Waals surface area contributed by atoms with Gasteiger partial charge in [-0.15, -0.1) is 0 Å². The average molecular weight is 298 g/mol. The van der Waals surface area contributed by atoms with E-state index in [1.807, 2.05) is 24.3 Å². The molecule has 2 bridgehead atoms. The van der Waals surface area contributed by atoms with E-state index < -0.39 is 0 Å². The van der Waals surface area contributed by atoms with Gasteiger partial charge in [0.25, 0.3) is 0 Å². The third-order valence-electron chi connectivity index (χ3n) is 4.28. The van der Waals surface area contributed by atoms with Crippen LogP contribution in [-0.4, -0.2) is 30.8 Å². The topological polar surface area (TPSA) is 69.4 Å². The summed E-state index contributed by atoms with van der Waals surface area (Å²) < 4.78 is 5.88. The molecule has 0 amide bonds. The van der Waals surface area contributed by atoms with Crippen LogP contribution in [0.4, 0.5) is 0 Å². The van der Waals surface area contributed by atoms with Crippen LogP contribution in [0.5, 0.6) is 0 Å². The minimum Gasteiger partial charge on any atom is -0.373 e. The Morgan fingerprint density at radius 3 is 2.77 bits per heavy atom. The number of hydrogen-bond acceptors (Lipinski definition) is 3. The highest BCUT2D eigenvalue weighted by atomic mass is 16.5. The number of nitriles is 1. The molecule has 3 atom stereocenters. The summed E-state index contributed by atoms with van der Waals surface area (Å²) in [5.74, 6) is 0.841. The Bertz CT molecular complexity index is 575. The van der Waals surface area contributed by atoms with Crippen LogP contribution in [0.15, 0.2) is 29.3 Å². The number of nitrogens with one attached hydrogen (secondary N) is 2. The van der Waals surface area contributed by atoms with E-state index >= 15 is 0 Å². The van der Waals surface area contributed by atoms with E-state index in [1.54, 1.807) is 0 Å². The summed E-state index contributed by atoms with van der Waals surface area (Å²) in [6, 6.07) is 10.1. The van der Waals surface area contributed by atoms with Crippen LogP contribution in [0.2, 0.25) is 0 Å². The number of hydrogen-bond donors (Lipinski definition) is 2. The lowest BCUT2D eigenvalue weighted by molar-refractivity contribution is 0.0992. The first-order chi connectivity index (χ1) is 10.8. The van der Waals surface area contributed by atoms with Crippen molar-refractivity contribution in [1.82, 2.24) is 10.6 Å². The molecule has 2 aliphatic rings. The van der Waals surface area contributed by atoms with Crippen LogP contribution in [0, 0.1) is 11.3 Å². The first kappa shape index (κ1) is 14.9. The van der Waals surface area contributed by atoms with Crippen LogP contribution in [0.25, 0.3) is 0 Å². The summed E-state index contributed by atoms with van der Waals surface area (Å²) in [7, 11) is 0. The van der Waals surface area contributed by atoms with Crippen LogP contribution < -0.4 is 10.6 Å². The second-order valence-corrected chi connectivity index (χ2v) is 5.86. The molecule has 2 heterocycles. The van der Waals surface area contributed by atoms with Crippen LogP contribution in [0.3, 0.4) is 0 Å². The maximum Gasteiger partial charge on any atom is 0.191 e. The first-order valence-electron chi connectivity index (χ1n) is 7.98. The van der Waals surface area contributed by atoms with Gasteiger partial charge in [0, 0.05) is 6.54 Å². The maximum absolute atomic E-state index is 8.82. The summed E-state index contributed by atoms with van der Waals surface area (Å²) in [5.41, 5.74) is 1.78. The van der Waals surface area contributed by atoms with Gasteiger partial charge < -0.3 is 15.4 Å². The van der Waals surface area contributed by atoms with E-state index in [2.05, 4.69) is 28.6 Å². The standard InChI is InChI=1S/C17H22N4O/c1-2-19-17(21-15-9-14-7-8-16(15)22-14)20-11-13-5-3-12(10-18)4-6-13/h3-6,14-16H,2,7-9,11H2,1H3,(H2,19,20,21). The SMILES string of the molecule is CCNC(=NCc1ccc(C#N)cc1)NC1CC2CCC1O2. The lowest BCUT2D eigenvalue weighted by atomic mass is 9.96. The molecule has 3 rings (SSSR count). The zero-order chi connectivity index (χ0) is 15.4. The second-order valence-electron chi connectivity index (χ2n) is 5.86. The van der Waals surface area contributed by atoms with Crippen LogP contribution in [0.1, 0.15) is 37.3 Å². The number of ether oxygens (including phenoxy) is 1. The van der Waals surface area contributed by atoms with Crippen LogP contribution in [-0.2, 0) is 11.3 Å². The number of aliphatic imine (C=N–C) groups is 1. The van der Waals surface area contributed by atoms with E-state index in [9.17, 15) is 0 Å². The zero-order valence-electron chi connectivity index (χ0n) is 12.9. The van der Waals surface area contributed by atoms with E-state index in [0.717, 1.165) is 30.9 Å². The minimum absolute atomic E-state index is 0.337. The Morgan fingerprint density at radius 2 is 2.18 bits per heavy atom. The lowest BCUT2D eigenvalue weighted by Crippen LogP contribution is -2.47. The fourth-order valence-electron chi connectivity index (χ4n) is 3.14. The second kappa shape index (κ2) is 6.80. The predicted molar refractivity (Wildman–Crippen MR) is 85.4 cm³/mol. The highest BCUT2D eigenvalue weighted by molar-refractivity contribution is 5.80. The molecular weight excluding hydrogens is 276 g/mol. The largest absolute Gasteiger partial charge is 0.373 e. The summed E-state index contributed by atoms with van der Waals surface area (Å²) in [6.45, 7) is 3.50. The number of fused-ring (bicyclic) bond motifs is 2. The van der Waals surface area contributed by atoms with Crippen molar-refractivity contribution in [2.45, 2.75) is 51.0 Å². The molecule has 5 heteroatoms. The van der Waals surface area contributed by atoms with Gasteiger partial charge in [-0.1, -0.05) is 12.1 Å². The van der Waals surface area contributed by atoms with Gasteiger partial charge in [-0.2, -0.15) is 5.26 Å². The van der Waals surface area contributed by atoms with Gasteiger partial charge in [0.05, 0.1) is 36.4 Å². The number of nitrogens with zero attached hydrogens (tertiary/aromatic N) is 2. The molecule has 0 aromatic heterocycles. The molecule has 2 saturated heterocycles. The van der Waals surface area contributed by atoms with Crippen molar-refractivity contribution in [2.75, 3.05) is 6.54 Å². The number of benzene rings is 1. The van der Waals surface area contributed by atoms with Gasteiger partial charge in [0.1, 0.15) is 0 Å². The Morgan fingerprint density at radius 1 is 1.36 bits per heavy atom. The Labute approximate surface area is 131 Å². The highest BCUT2D eigenvalue weighted by Crippen LogP contribution is 2.34. The van der Waals surface area contributed by atoms with Crippen molar-refractivity contribution in [3.8, 4) is 6.07 Å². The van der Waals surface area contributed by atoms with Gasteiger partial charge >= 0.3 is 0 Å². The molecule has 1 aromatic carbocycles. The molecule has 0 radical (unpaired) electrons. The zero-order valence-corrected chi connectivity index (χ0v) is 12.9. The van der Waals surface area contributed by atoms with Crippen molar-refractivity contribution < 1.29 is 4.74 Å². The predicted octanol–water partition coefficient (Wildman–Crippen LogP) is 1.93. The fourth-order valence-corrected chi connectivity index (χ4v) is 3.14. The van der Waals surface area contributed by atoms with Crippen LogP contribution >= 0.6 is 0 Å². The molecule has 5 nitrogen and oxygen atoms in total. The summed E-state index contributed by atoms with van der Waals surface area (Å²) in [5, 5.41) is 15.6. The maximum atomic E-state index is 8.82. The van der Waals surface area contributed by atoms with Crippen molar-refractivity contribution in [1.29, 1.82) is 5.26 Å². The number of guanidine groups is 1. The number of rotatable bonds is 4. The monoisotopic (exact) mass is 298 g/mol. The van der Waals surface area contributed by atoms with E-state index in [4.69, 9.17) is 10.00 Å². The van der Waals surface area contributed by atoms with E-state index in [0.29, 0.717) is 30.4 Å². The molecule has 3 unspecified atom stereocenters. The molecule has 0 saturated carbocycles. The molecule has 22 heavy (non-hydrogen) atoms. The molecule has 2 aliphatic heterocycles.